The van der Waals surface area contributed by atoms with E-state index in [1.165, 1.54) is 6.42 Å². The quantitative estimate of drug-likeness (QED) is 0.463. The molecule has 0 spiro atoms. The lowest BCUT2D eigenvalue weighted by Crippen LogP contribution is -1.87. The summed E-state index contributed by atoms with van der Waals surface area (Å²) in [5.74, 6) is 0.528. The predicted octanol–water partition coefficient (Wildman–Crippen LogP) is 1.87. The molecule has 0 heterocycles. The summed E-state index contributed by atoms with van der Waals surface area (Å²) in [6.45, 7) is 2.10. The van der Waals surface area contributed by atoms with Crippen LogP contribution in [0, 0.1) is 17.2 Å². The van der Waals surface area contributed by atoms with Crippen molar-refractivity contribution >= 4 is 0 Å². The third-order valence-corrected chi connectivity index (χ3v) is 1.62. The summed E-state index contributed by atoms with van der Waals surface area (Å²) in [4.78, 5) is 0. The molecule has 0 saturated heterocycles. The molecule has 1 heteroatoms. The van der Waals surface area contributed by atoms with Crippen LogP contribution >= 0.6 is 0 Å². The molecule has 0 radical (unpaired) electrons. The first kappa shape index (κ1) is 5.37. The van der Waals surface area contributed by atoms with E-state index in [-0.39, 0.29) is 0 Å². The van der Waals surface area contributed by atoms with Crippen molar-refractivity contribution in [2.24, 2.45) is 5.92 Å². The highest BCUT2D eigenvalue weighted by atomic mass is 14.3. The number of nitriles is 1. The topological polar surface area (TPSA) is 23.8 Å². The van der Waals surface area contributed by atoms with Crippen LogP contribution in [0.3, 0.4) is 0 Å². The molecule has 42 valence electrons. The van der Waals surface area contributed by atoms with Crippen molar-refractivity contribution in [2.75, 3.05) is 0 Å². The summed E-state index contributed by atoms with van der Waals surface area (Å²) in [7, 11) is 0. The minimum Gasteiger partial charge on any atom is -0.193 e. The van der Waals surface area contributed by atoms with Gasteiger partial charge in [-0.2, -0.15) is 5.26 Å². The Hall–Kier alpha value is -0.770. The van der Waals surface area contributed by atoms with Crippen LogP contribution in [0.15, 0.2) is 11.6 Å². The van der Waals surface area contributed by atoms with Gasteiger partial charge in [0.1, 0.15) is 0 Å². The van der Waals surface area contributed by atoms with E-state index in [1.807, 2.05) is 6.08 Å². The first-order chi connectivity index (χ1) is 3.84. The molecule has 0 aromatic heterocycles. The van der Waals surface area contributed by atoms with Crippen LogP contribution in [0.4, 0.5) is 0 Å². The van der Waals surface area contributed by atoms with Gasteiger partial charge in [0.05, 0.1) is 6.07 Å². The molecule has 0 fully saturated rings. The van der Waals surface area contributed by atoms with E-state index in [9.17, 15) is 0 Å². The van der Waals surface area contributed by atoms with E-state index < -0.39 is 0 Å². The fraction of sp³-hybridized carbons (Fsp3) is 0.571. The molecule has 1 atom stereocenters. The van der Waals surface area contributed by atoms with Gasteiger partial charge < -0.3 is 0 Å². The molecular weight excluding hydrogens is 98.1 g/mol. The molecule has 0 aromatic rings. The number of allylic oxidation sites excluding steroid dienone is 2. The fourth-order valence-corrected chi connectivity index (χ4v) is 1.00. The summed E-state index contributed by atoms with van der Waals surface area (Å²) >= 11 is 0. The van der Waals surface area contributed by atoms with Crippen LogP contribution in [-0.2, 0) is 0 Å². The van der Waals surface area contributed by atoms with Crippen LogP contribution < -0.4 is 0 Å². The SMILES string of the molecule is C[C@@H]1CCC=C1C#N. The van der Waals surface area contributed by atoms with Crippen LogP contribution in [0.5, 0.6) is 0 Å². The smallest absolute Gasteiger partial charge is 0.0946 e. The monoisotopic (exact) mass is 107 g/mol. The lowest BCUT2D eigenvalue weighted by Gasteiger charge is -1.96. The highest BCUT2D eigenvalue weighted by Gasteiger charge is 2.12. The largest absolute Gasteiger partial charge is 0.193 e. The van der Waals surface area contributed by atoms with Gasteiger partial charge in [0.2, 0.25) is 0 Å². The maximum atomic E-state index is 8.42. The number of hydrogen-bond acceptors (Lipinski definition) is 1. The summed E-state index contributed by atoms with van der Waals surface area (Å²) in [5.41, 5.74) is 0.977. The fourth-order valence-electron chi connectivity index (χ4n) is 1.00. The Bertz CT molecular complexity index is 150. The molecule has 0 bridgehead atoms. The molecule has 0 aromatic carbocycles. The zero-order valence-corrected chi connectivity index (χ0v) is 5.02. The Morgan fingerprint density at radius 1 is 1.88 bits per heavy atom. The second-order valence-corrected chi connectivity index (χ2v) is 2.25. The number of hydrogen-bond donors (Lipinski definition) is 0. The van der Waals surface area contributed by atoms with Gasteiger partial charge in [-0.3, -0.25) is 0 Å². The summed E-state index contributed by atoms with van der Waals surface area (Å²) in [5, 5.41) is 8.42. The lowest BCUT2D eigenvalue weighted by atomic mass is 10.1. The summed E-state index contributed by atoms with van der Waals surface area (Å²) < 4.78 is 0. The molecule has 0 aliphatic heterocycles. The zero-order valence-electron chi connectivity index (χ0n) is 5.02. The Kier molecular flexibility index (Phi) is 1.34. The van der Waals surface area contributed by atoms with Crippen LogP contribution in [0.25, 0.3) is 0 Å². The summed E-state index contributed by atoms with van der Waals surface area (Å²) in [6.07, 6.45) is 4.30. The average molecular weight is 107 g/mol. The molecular formula is C7H9N. The van der Waals surface area contributed by atoms with Gasteiger partial charge in [-0.25, -0.2) is 0 Å². The van der Waals surface area contributed by atoms with Crippen molar-refractivity contribution in [2.45, 2.75) is 19.8 Å². The van der Waals surface area contributed by atoms with Gasteiger partial charge in [-0.15, -0.1) is 0 Å². The average Bonchev–Trinajstić information content (AvgIpc) is 2.14. The second-order valence-electron chi connectivity index (χ2n) is 2.25. The Balaban J connectivity index is 2.66. The molecule has 0 saturated carbocycles. The molecule has 0 unspecified atom stereocenters. The molecule has 1 nitrogen and oxygen atoms in total. The van der Waals surface area contributed by atoms with Crippen LogP contribution in [0.1, 0.15) is 19.8 Å². The normalized spacial score (nSPS) is 27.0. The van der Waals surface area contributed by atoms with Gasteiger partial charge in [-0.05, 0) is 18.8 Å². The molecule has 0 amide bonds. The van der Waals surface area contributed by atoms with Gasteiger partial charge in [0.25, 0.3) is 0 Å². The predicted molar refractivity (Wildman–Crippen MR) is 32.1 cm³/mol. The highest BCUT2D eigenvalue weighted by molar-refractivity contribution is 5.26. The standard InChI is InChI=1S/C7H9N/c1-6-3-2-4-7(6)5-8/h4,6H,2-3H2,1H3/t6-/m1/s1. The highest BCUT2D eigenvalue weighted by Crippen LogP contribution is 2.23. The van der Waals surface area contributed by atoms with Gasteiger partial charge in [-0.1, -0.05) is 13.0 Å². The third kappa shape index (κ3) is 0.742. The van der Waals surface area contributed by atoms with Crippen molar-refractivity contribution in [1.82, 2.24) is 0 Å². The van der Waals surface area contributed by atoms with E-state index in [0.29, 0.717) is 5.92 Å². The number of rotatable bonds is 0. The second kappa shape index (κ2) is 2.00. The zero-order chi connectivity index (χ0) is 5.98. The van der Waals surface area contributed by atoms with Crippen molar-refractivity contribution in [3.63, 3.8) is 0 Å². The van der Waals surface area contributed by atoms with Crippen LogP contribution in [0.2, 0.25) is 0 Å². The minimum absolute atomic E-state index is 0.528. The third-order valence-electron chi connectivity index (χ3n) is 1.62. The molecule has 1 aliphatic rings. The van der Waals surface area contributed by atoms with Crippen molar-refractivity contribution in [3.8, 4) is 6.07 Å². The van der Waals surface area contributed by atoms with Gasteiger partial charge >= 0.3 is 0 Å². The summed E-state index contributed by atoms with van der Waals surface area (Å²) in [6, 6.07) is 2.17. The van der Waals surface area contributed by atoms with E-state index in [1.54, 1.807) is 0 Å². The maximum Gasteiger partial charge on any atom is 0.0946 e. The lowest BCUT2D eigenvalue weighted by molar-refractivity contribution is 0.683. The Morgan fingerprint density at radius 3 is 2.88 bits per heavy atom. The van der Waals surface area contributed by atoms with Gasteiger partial charge in [0.15, 0.2) is 0 Å². The van der Waals surface area contributed by atoms with E-state index in [0.717, 1.165) is 12.0 Å². The minimum atomic E-state index is 0.528. The molecule has 1 aliphatic carbocycles. The molecule has 0 N–H and O–H groups in total. The molecule has 1 rings (SSSR count). The Morgan fingerprint density at radius 2 is 2.62 bits per heavy atom. The van der Waals surface area contributed by atoms with E-state index in [2.05, 4.69) is 13.0 Å². The first-order valence-electron chi connectivity index (χ1n) is 2.94. The van der Waals surface area contributed by atoms with Crippen molar-refractivity contribution in [1.29, 1.82) is 5.26 Å². The van der Waals surface area contributed by atoms with Crippen molar-refractivity contribution < 1.29 is 0 Å². The maximum absolute atomic E-state index is 8.42. The van der Waals surface area contributed by atoms with Crippen molar-refractivity contribution in [3.05, 3.63) is 11.6 Å². The first-order valence-corrected chi connectivity index (χ1v) is 2.94. The van der Waals surface area contributed by atoms with E-state index in [4.69, 9.17) is 5.26 Å². The Labute approximate surface area is 49.6 Å². The number of nitrogens with zero attached hydrogens (tertiary/aromatic N) is 1. The van der Waals surface area contributed by atoms with E-state index >= 15 is 0 Å². The van der Waals surface area contributed by atoms with Crippen LogP contribution in [-0.4, -0.2) is 0 Å². The molecule has 8 heavy (non-hydrogen) atoms. The van der Waals surface area contributed by atoms with Gasteiger partial charge in [0, 0.05) is 5.57 Å².